The summed E-state index contributed by atoms with van der Waals surface area (Å²) in [6.45, 7) is 10.0. The first-order valence-corrected chi connectivity index (χ1v) is 6.60. The average molecular weight is 299 g/mol. The van der Waals surface area contributed by atoms with Gasteiger partial charge in [0.25, 0.3) is 0 Å². The van der Waals surface area contributed by atoms with Gasteiger partial charge in [0, 0.05) is 12.0 Å². The van der Waals surface area contributed by atoms with Gasteiger partial charge in [-0.05, 0) is 27.7 Å². The molecular formula is C14H21NO6. The molecule has 0 saturated carbocycles. The van der Waals surface area contributed by atoms with Gasteiger partial charge in [-0.3, -0.25) is 4.90 Å². The van der Waals surface area contributed by atoms with Crippen molar-refractivity contribution in [2.24, 2.45) is 0 Å². The summed E-state index contributed by atoms with van der Waals surface area (Å²) in [5.41, 5.74) is -0.510. The number of amides is 1. The van der Waals surface area contributed by atoms with E-state index in [1.807, 2.05) is 0 Å². The minimum Gasteiger partial charge on any atom is -0.480 e. The van der Waals surface area contributed by atoms with Gasteiger partial charge >= 0.3 is 18.0 Å². The number of carbonyl (C=O) groups is 3. The first kappa shape index (κ1) is 17.0. The highest BCUT2D eigenvalue weighted by atomic mass is 16.6. The second kappa shape index (κ2) is 6.15. The fraction of sp³-hybridized carbons (Fsp3) is 0.643. The van der Waals surface area contributed by atoms with Gasteiger partial charge in [-0.2, -0.15) is 0 Å². The standard InChI is InChI=1S/C14H21NO6/c1-8(2)12(18)20-9-6-10(11(16)17)15(7-9)13(19)21-14(3,4)5/h9-10H,1,6-7H2,2-5H3,(H,16,17)/t9-,10-/m0/s1. The maximum atomic E-state index is 12.0. The number of rotatable bonds is 3. The summed E-state index contributed by atoms with van der Waals surface area (Å²) in [7, 11) is 0. The zero-order chi connectivity index (χ0) is 16.4. The molecule has 1 heterocycles. The van der Waals surface area contributed by atoms with E-state index in [1.165, 1.54) is 6.92 Å². The SMILES string of the molecule is C=C(C)C(=O)O[C@H]1C[C@@H](C(=O)O)N(C(=O)OC(C)(C)C)C1. The van der Waals surface area contributed by atoms with Gasteiger partial charge in [-0.25, -0.2) is 14.4 Å². The molecular weight excluding hydrogens is 278 g/mol. The van der Waals surface area contributed by atoms with Crippen molar-refractivity contribution in [1.29, 1.82) is 0 Å². The van der Waals surface area contributed by atoms with E-state index < -0.39 is 35.8 Å². The molecule has 0 aromatic carbocycles. The fourth-order valence-corrected chi connectivity index (χ4v) is 1.89. The Balaban J connectivity index is 2.78. The van der Waals surface area contributed by atoms with Crippen LogP contribution in [0.1, 0.15) is 34.1 Å². The molecule has 0 unspecified atom stereocenters. The number of hydrogen-bond donors (Lipinski definition) is 1. The third-order valence-corrected chi connectivity index (χ3v) is 2.80. The van der Waals surface area contributed by atoms with E-state index in [2.05, 4.69) is 6.58 Å². The van der Waals surface area contributed by atoms with Crippen LogP contribution in [0.4, 0.5) is 4.79 Å². The lowest BCUT2D eigenvalue weighted by Crippen LogP contribution is -2.43. The highest BCUT2D eigenvalue weighted by Gasteiger charge is 2.43. The van der Waals surface area contributed by atoms with Crippen LogP contribution in [0.5, 0.6) is 0 Å². The zero-order valence-corrected chi connectivity index (χ0v) is 12.7. The highest BCUT2D eigenvalue weighted by molar-refractivity contribution is 5.87. The summed E-state index contributed by atoms with van der Waals surface area (Å²) in [6.07, 6.45) is -1.38. The van der Waals surface area contributed by atoms with Crippen LogP contribution in [-0.4, -0.2) is 52.3 Å². The normalized spacial score (nSPS) is 21.8. The van der Waals surface area contributed by atoms with Crippen LogP contribution >= 0.6 is 0 Å². The maximum Gasteiger partial charge on any atom is 0.411 e. The predicted octanol–water partition coefficient (Wildman–Crippen LogP) is 1.57. The molecule has 1 fully saturated rings. The Hall–Kier alpha value is -2.05. The lowest BCUT2D eigenvalue weighted by molar-refractivity contribution is -0.145. The minimum atomic E-state index is -1.16. The van der Waals surface area contributed by atoms with E-state index in [0.717, 1.165) is 4.90 Å². The molecule has 1 rings (SSSR count). The third kappa shape index (κ3) is 4.77. The van der Waals surface area contributed by atoms with Gasteiger partial charge in [0.2, 0.25) is 0 Å². The van der Waals surface area contributed by atoms with Gasteiger partial charge < -0.3 is 14.6 Å². The topological polar surface area (TPSA) is 93.1 Å². The molecule has 7 nitrogen and oxygen atoms in total. The molecule has 2 atom stereocenters. The molecule has 7 heteroatoms. The second-order valence-electron chi connectivity index (χ2n) is 6.03. The van der Waals surface area contributed by atoms with Crippen LogP contribution in [0.25, 0.3) is 0 Å². The molecule has 21 heavy (non-hydrogen) atoms. The van der Waals surface area contributed by atoms with Gasteiger partial charge in [0.15, 0.2) is 0 Å². The molecule has 1 amide bonds. The van der Waals surface area contributed by atoms with Crippen molar-refractivity contribution in [2.75, 3.05) is 6.54 Å². The largest absolute Gasteiger partial charge is 0.480 e. The Kier molecular flexibility index (Phi) is 4.98. The Morgan fingerprint density at radius 2 is 1.86 bits per heavy atom. The van der Waals surface area contributed by atoms with Crippen molar-refractivity contribution in [2.45, 2.75) is 51.9 Å². The van der Waals surface area contributed by atoms with Crippen LogP contribution in [0.3, 0.4) is 0 Å². The van der Waals surface area contributed by atoms with Gasteiger partial charge in [-0.15, -0.1) is 0 Å². The molecule has 0 aromatic heterocycles. The summed E-state index contributed by atoms with van der Waals surface area (Å²) in [5, 5.41) is 9.18. The van der Waals surface area contributed by atoms with E-state index >= 15 is 0 Å². The summed E-state index contributed by atoms with van der Waals surface area (Å²) in [6, 6.07) is -1.07. The van der Waals surface area contributed by atoms with Crippen molar-refractivity contribution >= 4 is 18.0 Å². The number of ether oxygens (including phenoxy) is 2. The Morgan fingerprint density at radius 1 is 1.29 bits per heavy atom. The average Bonchev–Trinajstić information content (AvgIpc) is 2.70. The number of likely N-dealkylation sites (tertiary alicyclic amines) is 1. The van der Waals surface area contributed by atoms with Crippen molar-refractivity contribution in [3.05, 3.63) is 12.2 Å². The van der Waals surface area contributed by atoms with Gasteiger partial charge in [0.05, 0.1) is 6.54 Å². The number of nitrogens with zero attached hydrogens (tertiary/aromatic N) is 1. The van der Waals surface area contributed by atoms with E-state index in [1.54, 1.807) is 20.8 Å². The Bertz CT molecular complexity index is 465. The smallest absolute Gasteiger partial charge is 0.411 e. The van der Waals surface area contributed by atoms with E-state index in [-0.39, 0.29) is 18.5 Å². The molecule has 0 spiro atoms. The summed E-state index contributed by atoms with van der Waals surface area (Å²) in [4.78, 5) is 35.8. The lowest BCUT2D eigenvalue weighted by Gasteiger charge is -2.26. The molecule has 118 valence electrons. The van der Waals surface area contributed by atoms with E-state index in [9.17, 15) is 19.5 Å². The van der Waals surface area contributed by atoms with Crippen LogP contribution in [0.15, 0.2) is 12.2 Å². The number of carbonyl (C=O) groups excluding carboxylic acids is 2. The molecule has 0 aromatic rings. The second-order valence-corrected chi connectivity index (χ2v) is 6.03. The fourth-order valence-electron chi connectivity index (χ4n) is 1.89. The van der Waals surface area contributed by atoms with Crippen LogP contribution in [0, 0.1) is 0 Å². The van der Waals surface area contributed by atoms with E-state index in [4.69, 9.17) is 9.47 Å². The number of carboxylic acids is 1. The maximum absolute atomic E-state index is 12.0. The monoisotopic (exact) mass is 299 g/mol. The lowest BCUT2D eigenvalue weighted by atomic mass is 10.2. The van der Waals surface area contributed by atoms with Crippen LogP contribution < -0.4 is 0 Å². The Morgan fingerprint density at radius 3 is 2.29 bits per heavy atom. The Labute approximate surface area is 123 Å². The van der Waals surface area contributed by atoms with Crippen molar-refractivity contribution in [3.63, 3.8) is 0 Å². The molecule has 0 radical (unpaired) electrons. The first-order chi connectivity index (χ1) is 9.51. The summed E-state index contributed by atoms with van der Waals surface area (Å²) >= 11 is 0. The molecule has 0 aliphatic carbocycles. The van der Waals surface area contributed by atoms with Crippen molar-refractivity contribution < 1.29 is 29.0 Å². The van der Waals surface area contributed by atoms with Crippen LogP contribution in [0.2, 0.25) is 0 Å². The summed E-state index contributed by atoms with van der Waals surface area (Å²) in [5.74, 6) is -1.76. The number of carboxylic acid groups (broad SMARTS) is 1. The predicted molar refractivity (Wildman–Crippen MR) is 73.7 cm³/mol. The van der Waals surface area contributed by atoms with Crippen molar-refractivity contribution in [3.8, 4) is 0 Å². The highest BCUT2D eigenvalue weighted by Crippen LogP contribution is 2.24. The third-order valence-electron chi connectivity index (χ3n) is 2.80. The molecule has 0 bridgehead atoms. The van der Waals surface area contributed by atoms with E-state index in [0.29, 0.717) is 0 Å². The summed E-state index contributed by atoms with van der Waals surface area (Å²) < 4.78 is 10.3. The molecule has 1 N–H and O–H groups in total. The first-order valence-electron chi connectivity index (χ1n) is 6.60. The van der Waals surface area contributed by atoms with Gasteiger partial charge in [0.1, 0.15) is 17.7 Å². The number of esters is 1. The minimum absolute atomic E-state index is 0.00903. The molecule has 1 saturated heterocycles. The number of aliphatic carboxylic acids is 1. The molecule has 1 aliphatic rings. The zero-order valence-electron chi connectivity index (χ0n) is 12.7. The van der Waals surface area contributed by atoms with Crippen molar-refractivity contribution in [1.82, 2.24) is 4.90 Å². The van der Waals surface area contributed by atoms with Gasteiger partial charge in [-0.1, -0.05) is 6.58 Å². The number of hydrogen-bond acceptors (Lipinski definition) is 5. The molecule has 1 aliphatic heterocycles. The van der Waals surface area contributed by atoms with Crippen LogP contribution in [-0.2, 0) is 19.1 Å². The quantitative estimate of drug-likeness (QED) is 0.628.